The molecule has 1 unspecified atom stereocenters. The Hall–Kier alpha value is -0.0800. The van der Waals surface area contributed by atoms with Gasteiger partial charge in [-0.05, 0) is 26.3 Å². The zero-order chi connectivity index (χ0) is 9.90. The zero-order valence-corrected chi connectivity index (χ0v) is 9.47. The maximum atomic E-state index is 5.83. The third-order valence-electron chi connectivity index (χ3n) is 3.76. The second-order valence-corrected chi connectivity index (χ2v) is 4.13. The Morgan fingerprint density at radius 3 is 2.08 bits per heavy atom. The van der Waals surface area contributed by atoms with Crippen molar-refractivity contribution < 1.29 is 4.74 Å². The Morgan fingerprint density at radius 2 is 1.77 bits per heavy atom. The van der Waals surface area contributed by atoms with Gasteiger partial charge < -0.3 is 4.74 Å². The van der Waals surface area contributed by atoms with Crippen molar-refractivity contribution >= 4 is 0 Å². The van der Waals surface area contributed by atoms with Crippen molar-refractivity contribution in [3.8, 4) is 0 Å². The lowest BCUT2D eigenvalue weighted by Crippen LogP contribution is -2.42. The molecule has 0 aliphatic carbocycles. The Balaban J connectivity index is 2.73. The molecule has 1 aliphatic rings. The lowest BCUT2D eigenvalue weighted by atomic mass is 9.77. The van der Waals surface area contributed by atoms with Gasteiger partial charge in [0.2, 0.25) is 0 Å². The van der Waals surface area contributed by atoms with E-state index in [2.05, 4.69) is 32.7 Å². The summed E-state index contributed by atoms with van der Waals surface area (Å²) in [5, 5.41) is 0. The fourth-order valence-corrected chi connectivity index (χ4v) is 2.47. The predicted octanol–water partition coefficient (Wildman–Crippen LogP) is 2.49. The van der Waals surface area contributed by atoms with Crippen LogP contribution in [-0.2, 0) is 4.74 Å². The summed E-state index contributed by atoms with van der Waals surface area (Å²) in [5.41, 5.74) is 0.380. The van der Waals surface area contributed by atoms with E-state index in [1.54, 1.807) is 0 Å². The molecule has 78 valence electrons. The lowest BCUT2D eigenvalue weighted by molar-refractivity contribution is -0.0690. The predicted molar refractivity (Wildman–Crippen MR) is 55.7 cm³/mol. The topological polar surface area (TPSA) is 12.5 Å². The van der Waals surface area contributed by atoms with Gasteiger partial charge in [0.1, 0.15) is 6.23 Å². The van der Waals surface area contributed by atoms with E-state index in [4.69, 9.17) is 4.74 Å². The average molecular weight is 185 g/mol. The lowest BCUT2D eigenvalue weighted by Gasteiger charge is -2.39. The van der Waals surface area contributed by atoms with Gasteiger partial charge in [-0.15, -0.1) is 0 Å². The van der Waals surface area contributed by atoms with Crippen molar-refractivity contribution in [3.63, 3.8) is 0 Å². The molecule has 0 amide bonds. The van der Waals surface area contributed by atoms with Crippen LogP contribution in [0.1, 0.15) is 40.0 Å². The Labute approximate surface area is 82.3 Å². The van der Waals surface area contributed by atoms with Crippen LogP contribution in [0.25, 0.3) is 0 Å². The molecule has 0 aromatic rings. The van der Waals surface area contributed by atoms with Crippen LogP contribution >= 0.6 is 0 Å². The molecular formula is C11H23NO. The van der Waals surface area contributed by atoms with Gasteiger partial charge in [0, 0.05) is 12.0 Å². The number of likely N-dealkylation sites (N-methyl/N-ethyl adjacent to an activating group) is 1. The molecule has 13 heavy (non-hydrogen) atoms. The van der Waals surface area contributed by atoms with E-state index in [0.29, 0.717) is 11.6 Å². The molecule has 0 spiro atoms. The second-order valence-electron chi connectivity index (χ2n) is 4.13. The first-order valence-electron chi connectivity index (χ1n) is 5.52. The molecule has 1 rings (SSSR count). The maximum absolute atomic E-state index is 5.83. The molecule has 0 N–H and O–H groups in total. The molecule has 1 saturated heterocycles. The first kappa shape index (κ1) is 11.0. The Bertz CT molecular complexity index is 146. The van der Waals surface area contributed by atoms with Crippen LogP contribution in [-0.4, -0.2) is 31.3 Å². The highest BCUT2D eigenvalue weighted by Crippen LogP contribution is 2.38. The molecule has 1 aliphatic heterocycles. The molecule has 0 saturated carbocycles. The van der Waals surface area contributed by atoms with Crippen LogP contribution in [0.4, 0.5) is 0 Å². The van der Waals surface area contributed by atoms with Gasteiger partial charge in [-0.25, -0.2) is 0 Å². The van der Waals surface area contributed by atoms with Crippen LogP contribution in [0, 0.1) is 5.41 Å². The van der Waals surface area contributed by atoms with Crippen molar-refractivity contribution in [3.05, 3.63) is 0 Å². The minimum Gasteiger partial charge on any atom is -0.361 e. The molecule has 0 aromatic carbocycles. The molecule has 0 radical (unpaired) electrons. The van der Waals surface area contributed by atoms with Crippen molar-refractivity contribution in [1.82, 2.24) is 4.90 Å². The maximum Gasteiger partial charge on any atom is 0.116 e. The molecule has 2 heteroatoms. The van der Waals surface area contributed by atoms with Crippen LogP contribution < -0.4 is 0 Å². The van der Waals surface area contributed by atoms with E-state index in [-0.39, 0.29) is 0 Å². The van der Waals surface area contributed by atoms with Crippen molar-refractivity contribution in [2.45, 2.75) is 46.3 Å². The van der Waals surface area contributed by atoms with Crippen LogP contribution in [0.2, 0.25) is 0 Å². The van der Waals surface area contributed by atoms with Gasteiger partial charge in [-0.3, -0.25) is 4.90 Å². The summed E-state index contributed by atoms with van der Waals surface area (Å²) in [6, 6.07) is 0. The fourth-order valence-electron chi connectivity index (χ4n) is 2.47. The molecule has 2 nitrogen and oxygen atoms in total. The molecular weight excluding hydrogens is 162 g/mol. The SMILES string of the molecule is CCC(CC)(CC)C1OCCN1C. The third kappa shape index (κ3) is 1.89. The van der Waals surface area contributed by atoms with E-state index in [1.165, 1.54) is 19.3 Å². The van der Waals surface area contributed by atoms with Gasteiger partial charge in [0.15, 0.2) is 0 Å². The summed E-state index contributed by atoms with van der Waals surface area (Å²) in [6.45, 7) is 8.84. The fraction of sp³-hybridized carbons (Fsp3) is 1.00. The second kappa shape index (κ2) is 4.43. The summed E-state index contributed by atoms with van der Waals surface area (Å²) >= 11 is 0. The van der Waals surface area contributed by atoms with Crippen molar-refractivity contribution in [2.24, 2.45) is 5.41 Å². The highest BCUT2D eigenvalue weighted by molar-refractivity contribution is 4.86. The zero-order valence-electron chi connectivity index (χ0n) is 9.47. The highest BCUT2D eigenvalue weighted by Gasteiger charge is 2.39. The van der Waals surface area contributed by atoms with Crippen molar-refractivity contribution in [2.75, 3.05) is 20.2 Å². The number of nitrogens with zero attached hydrogens (tertiary/aromatic N) is 1. The Kier molecular flexibility index (Phi) is 3.74. The summed E-state index contributed by atoms with van der Waals surface area (Å²) in [4.78, 5) is 2.36. The van der Waals surface area contributed by atoms with E-state index in [9.17, 15) is 0 Å². The largest absolute Gasteiger partial charge is 0.361 e. The summed E-state index contributed by atoms with van der Waals surface area (Å²) < 4.78 is 5.83. The summed E-state index contributed by atoms with van der Waals surface area (Å²) in [6.07, 6.45) is 4.01. The summed E-state index contributed by atoms with van der Waals surface area (Å²) in [7, 11) is 2.17. The smallest absolute Gasteiger partial charge is 0.116 e. The van der Waals surface area contributed by atoms with Gasteiger partial charge in [-0.1, -0.05) is 20.8 Å². The molecule has 0 bridgehead atoms. The molecule has 1 fully saturated rings. The quantitative estimate of drug-likeness (QED) is 0.667. The summed E-state index contributed by atoms with van der Waals surface area (Å²) in [5.74, 6) is 0. The van der Waals surface area contributed by atoms with Crippen LogP contribution in [0.3, 0.4) is 0 Å². The third-order valence-corrected chi connectivity index (χ3v) is 3.76. The van der Waals surface area contributed by atoms with Crippen molar-refractivity contribution in [1.29, 1.82) is 0 Å². The number of hydrogen-bond acceptors (Lipinski definition) is 2. The standard InChI is InChI=1S/C11H23NO/c1-5-11(6-2,7-3)10-12(4)8-9-13-10/h10H,5-9H2,1-4H3. The number of hydrogen-bond donors (Lipinski definition) is 0. The van der Waals surface area contributed by atoms with Gasteiger partial charge in [0.25, 0.3) is 0 Å². The molecule has 1 heterocycles. The number of rotatable bonds is 4. The van der Waals surface area contributed by atoms with E-state index in [1.807, 2.05) is 0 Å². The minimum atomic E-state index is 0.354. The van der Waals surface area contributed by atoms with Crippen LogP contribution in [0.5, 0.6) is 0 Å². The normalized spacial score (nSPS) is 25.4. The Morgan fingerprint density at radius 1 is 1.23 bits per heavy atom. The monoisotopic (exact) mass is 185 g/mol. The first-order valence-corrected chi connectivity index (χ1v) is 5.52. The van der Waals surface area contributed by atoms with Gasteiger partial charge in [0.05, 0.1) is 6.61 Å². The van der Waals surface area contributed by atoms with Gasteiger partial charge >= 0.3 is 0 Å². The van der Waals surface area contributed by atoms with E-state index in [0.717, 1.165) is 13.2 Å². The minimum absolute atomic E-state index is 0.354. The highest BCUT2D eigenvalue weighted by atomic mass is 16.5. The van der Waals surface area contributed by atoms with Crippen LogP contribution in [0.15, 0.2) is 0 Å². The van der Waals surface area contributed by atoms with Gasteiger partial charge in [-0.2, -0.15) is 0 Å². The van der Waals surface area contributed by atoms with E-state index >= 15 is 0 Å². The number of ether oxygens (including phenoxy) is 1. The average Bonchev–Trinajstić information content (AvgIpc) is 2.57. The first-order chi connectivity index (χ1) is 6.20. The molecule has 1 atom stereocenters. The molecule has 0 aromatic heterocycles. The van der Waals surface area contributed by atoms with E-state index < -0.39 is 0 Å².